The van der Waals surface area contributed by atoms with Crippen molar-refractivity contribution in [3.8, 4) is 11.5 Å². The molecule has 0 amide bonds. The molecule has 2 rings (SSSR count). The summed E-state index contributed by atoms with van der Waals surface area (Å²) >= 11 is 0. The summed E-state index contributed by atoms with van der Waals surface area (Å²) < 4.78 is 4.84. The van der Waals surface area contributed by atoms with Crippen LogP contribution in [0, 0.1) is 0 Å². The summed E-state index contributed by atoms with van der Waals surface area (Å²) in [5.41, 5.74) is 2.03. The smallest absolute Gasteiger partial charge is 0.308 e. The second-order valence-corrected chi connectivity index (χ2v) is 4.16. The average molecular weight is 282 g/mol. The highest BCUT2D eigenvalue weighted by Crippen LogP contribution is 2.12. The molecule has 0 aliphatic carbocycles. The van der Waals surface area contributed by atoms with Crippen LogP contribution in [-0.4, -0.2) is 11.1 Å². The van der Waals surface area contributed by atoms with Gasteiger partial charge < -0.3 is 9.84 Å². The molecule has 21 heavy (non-hydrogen) atoms. The zero-order valence-corrected chi connectivity index (χ0v) is 12.0. The third-order valence-corrected chi connectivity index (χ3v) is 2.51. The van der Waals surface area contributed by atoms with Gasteiger partial charge in [-0.05, 0) is 35.4 Å². The number of ether oxygens (including phenoxy) is 1. The molecule has 3 nitrogen and oxygen atoms in total. The van der Waals surface area contributed by atoms with Crippen molar-refractivity contribution in [1.82, 2.24) is 0 Å². The number of aromatic hydroxyl groups is 1. The largest absolute Gasteiger partial charge is 0.508 e. The van der Waals surface area contributed by atoms with Gasteiger partial charge in [0.2, 0.25) is 0 Å². The minimum Gasteiger partial charge on any atom is -0.508 e. The topological polar surface area (TPSA) is 46.5 Å². The Morgan fingerprint density at radius 1 is 0.952 bits per heavy atom. The van der Waals surface area contributed by atoms with Gasteiger partial charge in [-0.25, -0.2) is 0 Å². The first-order valence-corrected chi connectivity index (χ1v) is 6.37. The first kappa shape index (κ1) is 16.2. The first-order chi connectivity index (χ1) is 10.0. The molecule has 0 saturated carbocycles. The van der Waals surface area contributed by atoms with E-state index in [0.717, 1.165) is 11.1 Å². The van der Waals surface area contributed by atoms with Crippen molar-refractivity contribution in [2.75, 3.05) is 0 Å². The number of esters is 1. The van der Waals surface area contributed by atoms with E-state index in [4.69, 9.17) is 9.84 Å². The second kappa shape index (κ2) is 8.38. The highest BCUT2D eigenvalue weighted by molar-refractivity contribution is 5.69. The zero-order chi connectivity index (χ0) is 15.7. The Kier molecular flexibility index (Phi) is 6.48. The van der Waals surface area contributed by atoms with Gasteiger partial charge in [0.25, 0.3) is 0 Å². The van der Waals surface area contributed by atoms with Crippen LogP contribution in [0.25, 0.3) is 12.2 Å². The highest BCUT2D eigenvalue weighted by Gasteiger charge is 1.95. The third-order valence-electron chi connectivity index (χ3n) is 2.51. The minimum absolute atomic E-state index is 0.292. The highest BCUT2D eigenvalue weighted by atomic mass is 16.5. The van der Waals surface area contributed by atoms with Gasteiger partial charge in [-0.15, -0.1) is 0 Å². The minimum atomic E-state index is -0.304. The van der Waals surface area contributed by atoms with E-state index in [1.54, 1.807) is 36.4 Å². The number of phenolic OH excluding ortho intramolecular Hbond substituents is 1. The molecule has 3 heteroatoms. The molecular formula is C18H18O3. The lowest BCUT2D eigenvalue weighted by molar-refractivity contribution is -0.131. The summed E-state index contributed by atoms with van der Waals surface area (Å²) in [7, 11) is 0. The van der Waals surface area contributed by atoms with E-state index in [9.17, 15) is 4.79 Å². The summed E-state index contributed by atoms with van der Waals surface area (Å²) in [6, 6.07) is 14.0. The van der Waals surface area contributed by atoms with E-state index in [2.05, 4.69) is 13.2 Å². The van der Waals surface area contributed by atoms with E-state index < -0.39 is 0 Å². The quantitative estimate of drug-likeness (QED) is 0.674. The number of hydrogen-bond acceptors (Lipinski definition) is 3. The van der Waals surface area contributed by atoms with Crippen LogP contribution in [-0.2, 0) is 4.79 Å². The Bertz CT molecular complexity index is 595. The molecule has 0 aliphatic rings. The number of carbonyl (C=O) groups excluding carboxylic acids is 1. The van der Waals surface area contributed by atoms with Gasteiger partial charge in [-0.3, -0.25) is 4.79 Å². The maximum absolute atomic E-state index is 10.5. The summed E-state index contributed by atoms with van der Waals surface area (Å²) in [4.78, 5) is 10.5. The molecule has 0 fully saturated rings. The average Bonchev–Trinajstić information content (AvgIpc) is 2.49. The molecule has 0 saturated heterocycles. The summed E-state index contributed by atoms with van der Waals surface area (Å²) in [5, 5.41) is 8.82. The number of phenols is 1. The van der Waals surface area contributed by atoms with Gasteiger partial charge in [0, 0.05) is 6.92 Å². The van der Waals surface area contributed by atoms with Crippen LogP contribution in [0.3, 0.4) is 0 Å². The second-order valence-electron chi connectivity index (χ2n) is 4.16. The Hall–Kier alpha value is -2.81. The van der Waals surface area contributed by atoms with Gasteiger partial charge in [0.05, 0.1) is 0 Å². The van der Waals surface area contributed by atoms with Crippen molar-refractivity contribution in [2.45, 2.75) is 6.92 Å². The molecule has 0 aromatic heterocycles. The molecule has 0 aliphatic heterocycles. The monoisotopic (exact) mass is 282 g/mol. The molecular weight excluding hydrogens is 264 g/mol. The van der Waals surface area contributed by atoms with Crippen LogP contribution in [0.2, 0.25) is 0 Å². The van der Waals surface area contributed by atoms with Crippen molar-refractivity contribution in [3.05, 3.63) is 72.8 Å². The molecule has 0 heterocycles. The van der Waals surface area contributed by atoms with E-state index in [-0.39, 0.29) is 5.97 Å². The van der Waals surface area contributed by atoms with Crippen molar-refractivity contribution in [3.63, 3.8) is 0 Å². The fourth-order valence-electron chi connectivity index (χ4n) is 1.45. The van der Waals surface area contributed by atoms with E-state index in [1.165, 1.54) is 6.92 Å². The number of carbonyl (C=O) groups is 1. The van der Waals surface area contributed by atoms with Crippen molar-refractivity contribution in [2.24, 2.45) is 0 Å². The van der Waals surface area contributed by atoms with Crippen LogP contribution in [0.5, 0.6) is 11.5 Å². The number of hydrogen-bond donors (Lipinski definition) is 1. The molecule has 108 valence electrons. The Balaban J connectivity index is 0.000000219. The van der Waals surface area contributed by atoms with Crippen molar-refractivity contribution in [1.29, 1.82) is 0 Å². The van der Waals surface area contributed by atoms with Gasteiger partial charge in [0.1, 0.15) is 11.5 Å². The summed E-state index contributed by atoms with van der Waals surface area (Å²) in [6.07, 6.45) is 3.47. The fourth-order valence-corrected chi connectivity index (χ4v) is 1.45. The Morgan fingerprint density at radius 3 is 1.76 bits per heavy atom. The Morgan fingerprint density at radius 2 is 1.38 bits per heavy atom. The first-order valence-electron chi connectivity index (χ1n) is 6.37. The normalized spacial score (nSPS) is 9.00. The van der Waals surface area contributed by atoms with E-state index in [0.29, 0.717) is 11.5 Å². The van der Waals surface area contributed by atoms with E-state index in [1.807, 2.05) is 24.3 Å². The van der Waals surface area contributed by atoms with Crippen LogP contribution in [0.1, 0.15) is 18.1 Å². The predicted octanol–water partition coefficient (Wildman–Crippen LogP) is 4.29. The van der Waals surface area contributed by atoms with Crippen LogP contribution in [0.15, 0.2) is 61.7 Å². The van der Waals surface area contributed by atoms with E-state index >= 15 is 0 Å². The molecule has 0 bridgehead atoms. The van der Waals surface area contributed by atoms with Crippen LogP contribution < -0.4 is 4.74 Å². The summed E-state index contributed by atoms with van der Waals surface area (Å²) in [5.74, 6) is 0.551. The predicted molar refractivity (Wildman–Crippen MR) is 86.0 cm³/mol. The molecule has 0 radical (unpaired) electrons. The lowest BCUT2D eigenvalue weighted by atomic mass is 10.2. The maximum Gasteiger partial charge on any atom is 0.308 e. The van der Waals surface area contributed by atoms with Crippen molar-refractivity contribution < 1.29 is 14.6 Å². The third kappa shape index (κ3) is 6.25. The summed E-state index contributed by atoms with van der Waals surface area (Å²) in [6.45, 7) is 8.57. The molecule has 0 atom stereocenters. The molecule has 2 aromatic rings. The molecule has 0 spiro atoms. The molecule has 0 unspecified atom stereocenters. The molecule has 1 N–H and O–H groups in total. The lowest BCUT2D eigenvalue weighted by Crippen LogP contribution is -2.00. The van der Waals surface area contributed by atoms with Gasteiger partial charge in [-0.2, -0.15) is 0 Å². The molecule has 2 aromatic carbocycles. The van der Waals surface area contributed by atoms with Crippen LogP contribution >= 0.6 is 0 Å². The Labute approximate surface area is 124 Å². The lowest BCUT2D eigenvalue weighted by Gasteiger charge is -1.99. The maximum atomic E-state index is 10.5. The number of benzene rings is 2. The zero-order valence-electron chi connectivity index (χ0n) is 12.0. The fraction of sp³-hybridized carbons (Fsp3) is 0.0556. The van der Waals surface area contributed by atoms with Gasteiger partial charge in [0.15, 0.2) is 0 Å². The standard InChI is InChI=1S/C10H10O2.C8H8O/c1-3-9-4-6-10(7-5-9)12-8(2)11;1-2-7-3-5-8(9)6-4-7/h3-7H,1H2,2H3;2-6,9H,1H2. The van der Waals surface area contributed by atoms with Crippen LogP contribution in [0.4, 0.5) is 0 Å². The van der Waals surface area contributed by atoms with Crippen molar-refractivity contribution >= 4 is 18.1 Å². The SMILES string of the molecule is C=Cc1ccc(O)cc1.C=Cc1ccc(OC(C)=O)cc1. The van der Waals surface area contributed by atoms with Gasteiger partial charge >= 0.3 is 5.97 Å². The number of rotatable bonds is 3. The van der Waals surface area contributed by atoms with Gasteiger partial charge in [-0.1, -0.05) is 49.6 Å².